The van der Waals surface area contributed by atoms with Gasteiger partial charge in [-0.3, -0.25) is 19.2 Å². The fourth-order valence-corrected chi connectivity index (χ4v) is 7.35. The summed E-state index contributed by atoms with van der Waals surface area (Å²) < 4.78 is 6.28. The Hall–Kier alpha value is -3.63. The van der Waals surface area contributed by atoms with Gasteiger partial charge in [0.1, 0.15) is 12.1 Å². The molecule has 2 aromatic rings. The minimum atomic E-state index is -1.23. The molecule has 4 N–H and O–H groups in total. The molecule has 4 atom stereocenters. The van der Waals surface area contributed by atoms with E-state index in [0.29, 0.717) is 28.6 Å². The lowest BCUT2D eigenvalue weighted by molar-refractivity contribution is -0.141. The highest BCUT2D eigenvalue weighted by Gasteiger charge is 2.46. The Morgan fingerprint density at radius 3 is 2.23 bits per heavy atom. The molecule has 1 aliphatic heterocycles. The standard InChI is InChI=1S/C36H44Cl2N4O6/c1-21(2)17-29(33(45)41-28(19-23-13-16-39-32(23)44)30(43)34(46)40-27-11-12-27)42-35(47)48-31(22-7-5-9-25(37)18-22)36(14-3-4-15-36)24-8-6-10-26(38)20-24/h5-10,18,20-21,23,27-29,31H,3-4,11-17,19H2,1-2H3,(H,39,44)(H,40,46)(H,41,45)(H,42,47)/t23-,28-,29-,31?/m0/s1. The Kier molecular flexibility index (Phi) is 11.7. The highest BCUT2D eigenvalue weighted by molar-refractivity contribution is 6.38. The summed E-state index contributed by atoms with van der Waals surface area (Å²) in [5.41, 5.74) is 1.08. The molecule has 0 spiro atoms. The minimum Gasteiger partial charge on any atom is -0.440 e. The molecule has 5 rings (SSSR count). The van der Waals surface area contributed by atoms with Crippen molar-refractivity contribution in [3.05, 3.63) is 69.7 Å². The Balaban J connectivity index is 1.38. The van der Waals surface area contributed by atoms with Gasteiger partial charge in [0.25, 0.3) is 5.91 Å². The molecule has 0 aromatic heterocycles. The van der Waals surface area contributed by atoms with Crippen LogP contribution in [0.2, 0.25) is 10.0 Å². The van der Waals surface area contributed by atoms with Gasteiger partial charge in [0.05, 0.1) is 6.04 Å². The van der Waals surface area contributed by atoms with Gasteiger partial charge in [0, 0.05) is 34.0 Å². The second-order valence-electron chi connectivity index (χ2n) is 13.7. The summed E-state index contributed by atoms with van der Waals surface area (Å²) >= 11 is 12.9. The van der Waals surface area contributed by atoms with Crippen LogP contribution in [0.5, 0.6) is 0 Å². The summed E-state index contributed by atoms with van der Waals surface area (Å²) in [7, 11) is 0. The lowest BCUT2D eigenvalue weighted by atomic mass is 9.72. The van der Waals surface area contributed by atoms with Crippen molar-refractivity contribution in [2.45, 2.75) is 101 Å². The fraction of sp³-hybridized carbons (Fsp3) is 0.528. The molecule has 0 bridgehead atoms. The normalized spacial score (nSPS) is 20.4. The number of ether oxygens (including phenoxy) is 1. The first kappa shape index (κ1) is 35.7. The molecule has 12 heteroatoms. The Morgan fingerprint density at radius 1 is 0.938 bits per heavy atom. The summed E-state index contributed by atoms with van der Waals surface area (Å²) in [6, 6.07) is 12.4. The number of amides is 4. The van der Waals surface area contributed by atoms with Crippen LogP contribution in [0.1, 0.15) is 88.9 Å². The van der Waals surface area contributed by atoms with E-state index in [9.17, 15) is 24.0 Å². The second kappa shape index (κ2) is 15.7. The van der Waals surface area contributed by atoms with Crippen LogP contribution < -0.4 is 21.3 Å². The van der Waals surface area contributed by atoms with Gasteiger partial charge < -0.3 is 26.0 Å². The maximum Gasteiger partial charge on any atom is 0.408 e. The molecule has 3 aliphatic rings. The van der Waals surface area contributed by atoms with Gasteiger partial charge in [0.15, 0.2) is 0 Å². The third-order valence-electron chi connectivity index (χ3n) is 9.54. The molecule has 0 radical (unpaired) electrons. The van der Waals surface area contributed by atoms with Crippen molar-refractivity contribution in [1.82, 2.24) is 21.3 Å². The number of nitrogens with one attached hydrogen (secondary N) is 4. The van der Waals surface area contributed by atoms with Gasteiger partial charge >= 0.3 is 6.09 Å². The molecule has 4 amide bonds. The van der Waals surface area contributed by atoms with Gasteiger partial charge in [-0.2, -0.15) is 0 Å². The molecule has 3 fully saturated rings. The zero-order valence-corrected chi connectivity index (χ0v) is 28.9. The van der Waals surface area contributed by atoms with Crippen LogP contribution in [0.3, 0.4) is 0 Å². The molecule has 258 valence electrons. The summed E-state index contributed by atoms with van der Waals surface area (Å²) in [4.78, 5) is 66.1. The topological polar surface area (TPSA) is 143 Å². The van der Waals surface area contributed by atoms with Gasteiger partial charge in [-0.15, -0.1) is 0 Å². The number of rotatable bonds is 14. The van der Waals surface area contributed by atoms with E-state index in [4.69, 9.17) is 27.9 Å². The molecule has 10 nitrogen and oxygen atoms in total. The van der Waals surface area contributed by atoms with Crippen LogP contribution in [0.25, 0.3) is 0 Å². The molecule has 1 heterocycles. The number of halogens is 2. The monoisotopic (exact) mass is 698 g/mol. The van der Waals surface area contributed by atoms with Crippen LogP contribution in [0, 0.1) is 11.8 Å². The molecule has 2 saturated carbocycles. The third kappa shape index (κ3) is 8.88. The molecule has 48 heavy (non-hydrogen) atoms. The summed E-state index contributed by atoms with van der Waals surface area (Å²) in [5, 5.41) is 12.0. The van der Waals surface area contributed by atoms with E-state index in [1.807, 2.05) is 44.2 Å². The van der Waals surface area contributed by atoms with Crippen LogP contribution in [0.4, 0.5) is 4.79 Å². The Morgan fingerprint density at radius 2 is 1.62 bits per heavy atom. The van der Waals surface area contributed by atoms with Crippen molar-refractivity contribution >= 4 is 52.8 Å². The number of hydrogen-bond donors (Lipinski definition) is 4. The number of alkyl carbamates (subject to hydrolysis) is 1. The van der Waals surface area contributed by atoms with Gasteiger partial charge in [0.2, 0.25) is 17.6 Å². The van der Waals surface area contributed by atoms with Crippen molar-refractivity contribution in [1.29, 1.82) is 0 Å². The average Bonchev–Trinajstić information content (AvgIpc) is 3.54. The largest absolute Gasteiger partial charge is 0.440 e. The number of carbonyl (C=O) groups is 5. The minimum absolute atomic E-state index is 0.0215. The highest BCUT2D eigenvalue weighted by Crippen LogP contribution is 2.52. The number of ketones is 1. The number of hydrogen-bond acceptors (Lipinski definition) is 6. The summed E-state index contributed by atoms with van der Waals surface area (Å²) in [6.45, 7) is 4.27. The Bertz CT molecular complexity index is 1520. The predicted octanol–water partition coefficient (Wildman–Crippen LogP) is 5.55. The molecular formula is C36H44Cl2N4O6. The second-order valence-corrected chi connectivity index (χ2v) is 14.6. The quantitative estimate of drug-likeness (QED) is 0.191. The Labute approximate surface area is 291 Å². The predicted molar refractivity (Wildman–Crippen MR) is 182 cm³/mol. The lowest BCUT2D eigenvalue weighted by Gasteiger charge is -2.38. The van der Waals surface area contributed by atoms with E-state index in [1.165, 1.54) is 0 Å². The molecular weight excluding hydrogens is 655 g/mol. The van der Waals surface area contributed by atoms with Crippen molar-refractivity contribution in [3.8, 4) is 0 Å². The van der Waals surface area contributed by atoms with Crippen LogP contribution >= 0.6 is 23.2 Å². The smallest absolute Gasteiger partial charge is 0.408 e. The number of carbonyl (C=O) groups excluding carboxylic acids is 5. The SMILES string of the molecule is CC(C)C[C@H](NC(=O)OC(c1cccc(Cl)c1)C1(c2cccc(Cl)c2)CCCC1)C(=O)N[C@@H](C[C@@H]1CCNC1=O)C(=O)C(=O)NC1CC1. The van der Waals surface area contributed by atoms with Crippen molar-refractivity contribution in [2.75, 3.05) is 6.54 Å². The van der Waals surface area contributed by atoms with Crippen molar-refractivity contribution in [2.24, 2.45) is 11.8 Å². The lowest BCUT2D eigenvalue weighted by Crippen LogP contribution is -2.55. The van der Waals surface area contributed by atoms with E-state index in [-0.39, 0.29) is 30.7 Å². The molecule has 2 aliphatic carbocycles. The maximum atomic E-state index is 13.8. The first-order valence-electron chi connectivity index (χ1n) is 16.9. The van der Waals surface area contributed by atoms with Gasteiger partial charge in [-0.05, 0) is 86.3 Å². The number of Topliss-reactive ketones (excluding diaryl/α,β-unsaturated/α-hetero) is 1. The van der Waals surface area contributed by atoms with E-state index < -0.39 is 53.2 Å². The first-order valence-corrected chi connectivity index (χ1v) is 17.6. The first-order chi connectivity index (χ1) is 22.9. The van der Waals surface area contributed by atoms with Crippen molar-refractivity contribution < 1.29 is 28.7 Å². The molecule has 1 unspecified atom stereocenters. The molecule has 1 saturated heterocycles. The maximum absolute atomic E-state index is 13.8. The average molecular weight is 700 g/mol. The van der Waals surface area contributed by atoms with E-state index in [2.05, 4.69) is 21.3 Å². The number of benzene rings is 2. The highest BCUT2D eigenvalue weighted by atomic mass is 35.5. The summed E-state index contributed by atoms with van der Waals surface area (Å²) in [5.74, 6) is -3.01. The zero-order valence-electron chi connectivity index (χ0n) is 27.4. The van der Waals surface area contributed by atoms with Gasteiger partial charge in [-0.1, -0.05) is 74.2 Å². The zero-order chi connectivity index (χ0) is 34.4. The van der Waals surface area contributed by atoms with Crippen LogP contribution in [-0.2, 0) is 29.3 Å². The third-order valence-corrected chi connectivity index (χ3v) is 10.0. The van der Waals surface area contributed by atoms with Gasteiger partial charge in [-0.25, -0.2) is 4.79 Å². The molecule has 2 aromatic carbocycles. The van der Waals surface area contributed by atoms with E-state index >= 15 is 0 Å². The van der Waals surface area contributed by atoms with E-state index in [1.54, 1.807) is 18.2 Å². The van der Waals surface area contributed by atoms with Crippen LogP contribution in [-0.4, -0.2) is 54.3 Å². The van der Waals surface area contributed by atoms with E-state index in [0.717, 1.165) is 44.1 Å². The van der Waals surface area contributed by atoms with Crippen molar-refractivity contribution in [3.63, 3.8) is 0 Å². The summed E-state index contributed by atoms with van der Waals surface area (Å²) in [6.07, 6.45) is 4.07. The fourth-order valence-electron chi connectivity index (χ4n) is 6.96. The van der Waals surface area contributed by atoms with Crippen LogP contribution in [0.15, 0.2) is 48.5 Å².